The lowest BCUT2D eigenvalue weighted by atomic mass is 9.81. The number of aryl methyl sites for hydroxylation is 3. The highest BCUT2D eigenvalue weighted by atomic mass is 79.9. The molecule has 5 rings (SSSR count). The smallest absolute Gasteiger partial charge is 0.316 e. The van der Waals surface area contributed by atoms with Crippen LogP contribution in [0.1, 0.15) is 36.0 Å². The zero-order chi connectivity index (χ0) is 26.6. The Morgan fingerprint density at radius 1 is 0.892 bits per heavy atom. The summed E-state index contributed by atoms with van der Waals surface area (Å²) in [6.45, 7) is 6.00. The lowest BCUT2D eigenvalue weighted by Gasteiger charge is -2.29. The van der Waals surface area contributed by atoms with Gasteiger partial charge in [-0.05, 0) is 80.6 Å². The number of amides is 3. The highest BCUT2D eigenvalue weighted by Crippen LogP contribution is 2.45. The molecule has 0 spiro atoms. The second-order valence-corrected chi connectivity index (χ2v) is 12.7. The second-order valence-electron chi connectivity index (χ2n) is 10.3. The maximum atomic E-state index is 13.2. The number of imide groups is 1. The molecule has 3 fully saturated rings. The fraction of sp³-hybridized carbons (Fsp3) is 0.429. The average Bonchev–Trinajstić information content (AvgIpc) is 3.32. The number of carbonyl (C=O) groups excluding carboxylic acids is 4. The molecule has 2 aliphatic heterocycles. The van der Waals surface area contributed by atoms with E-state index >= 15 is 0 Å². The highest BCUT2D eigenvalue weighted by Gasteiger charge is 2.52. The predicted molar refractivity (Wildman–Crippen MR) is 147 cm³/mol. The van der Waals surface area contributed by atoms with E-state index < -0.39 is 11.9 Å². The van der Waals surface area contributed by atoms with Gasteiger partial charge in [0.05, 0.1) is 23.4 Å². The van der Waals surface area contributed by atoms with Crippen LogP contribution in [0.2, 0.25) is 0 Å². The average molecular weight is 632 g/mol. The third-order valence-electron chi connectivity index (χ3n) is 7.52. The molecule has 2 aromatic carbocycles. The molecule has 3 amide bonds. The Labute approximate surface area is 232 Å². The molecule has 0 unspecified atom stereocenters. The highest BCUT2D eigenvalue weighted by molar-refractivity contribution is 9.12. The van der Waals surface area contributed by atoms with Crippen molar-refractivity contribution in [3.05, 3.63) is 53.1 Å². The molecule has 0 N–H and O–H groups in total. The van der Waals surface area contributed by atoms with Crippen molar-refractivity contribution in [1.29, 1.82) is 0 Å². The summed E-state index contributed by atoms with van der Waals surface area (Å²) in [6.07, 6.45) is 1.30. The number of alkyl halides is 2. The van der Waals surface area contributed by atoms with Crippen molar-refractivity contribution >= 4 is 66.9 Å². The van der Waals surface area contributed by atoms with Crippen molar-refractivity contribution in [1.82, 2.24) is 0 Å². The molecule has 2 heterocycles. The standard InChI is InChI=1S/C28H28Br2N2O5/c1-14-6-15(2)8-18(7-14)31-13-17(10-25(31)33)28(36)37-19-4-5-24(16(3)9-19)32-26(34)20-11-22(29)23(30)12-21(20)27(32)35/h4-9,17,20-23H,10-13H2,1-3H3/t17-,20-,21+,22+,23+/m1/s1. The second kappa shape index (κ2) is 9.98. The molecule has 194 valence electrons. The van der Waals surface area contributed by atoms with E-state index in [9.17, 15) is 19.2 Å². The van der Waals surface area contributed by atoms with Gasteiger partial charge in [-0.1, -0.05) is 37.9 Å². The molecule has 9 heteroatoms. The van der Waals surface area contributed by atoms with Crippen molar-refractivity contribution in [2.24, 2.45) is 17.8 Å². The lowest BCUT2D eigenvalue weighted by molar-refractivity contribution is -0.139. The summed E-state index contributed by atoms with van der Waals surface area (Å²) >= 11 is 7.23. The topological polar surface area (TPSA) is 84.0 Å². The Bertz CT molecular complexity index is 1260. The molecule has 1 saturated carbocycles. The third-order valence-corrected chi connectivity index (χ3v) is 10.2. The van der Waals surface area contributed by atoms with E-state index in [0.29, 0.717) is 29.8 Å². The van der Waals surface area contributed by atoms with E-state index in [2.05, 4.69) is 31.9 Å². The maximum absolute atomic E-state index is 13.2. The Morgan fingerprint density at radius 3 is 2.05 bits per heavy atom. The molecule has 0 bridgehead atoms. The number of fused-ring (bicyclic) bond motifs is 1. The number of hydrogen-bond acceptors (Lipinski definition) is 5. The van der Waals surface area contributed by atoms with Crippen LogP contribution in [0.3, 0.4) is 0 Å². The van der Waals surface area contributed by atoms with Crippen LogP contribution in [0.15, 0.2) is 36.4 Å². The summed E-state index contributed by atoms with van der Waals surface area (Å²) < 4.78 is 5.63. The number of anilines is 2. The van der Waals surface area contributed by atoms with Crippen LogP contribution in [0.4, 0.5) is 11.4 Å². The van der Waals surface area contributed by atoms with Crippen LogP contribution >= 0.6 is 31.9 Å². The Balaban J connectivity index is 1.28. The van der Waals surface area contributed by atoms with Crippen LogP contribution in [0.25, 0.3) is 0 Å². The summed E-state index contributed by atoms with van der Waals surface area (Å²) in [5, 5.41) is 0. The summed E-state index contributed by atoms with van der Waals surface area (Å²) in [4.78, 5) is 55.1. The first-order chi connectivity index (χ1) is 17.5. The van der Waals surface area contributed by atoms with E-state index in [1.165, 1.54) is 4.90 Å². The Kier molecular flexibility index (Phi) is 7.04. The van der Waals surface area contributed by atoms with Gasteiger partial charge in [-0.3, -0.25) is 19.2 Å². The van der Waals surface area contributed by atoms with Gasteiger partial charge in [0.1, 0.15) is 5.75 Å². The van der Waals surface area contributed by atoms with Crippen LogP contribution in [-0.4, -0.2) is 39.9 Å². The number of carbonyl (C=O) groups is 4. The molecule has 5 atom stereocenters. The SMILES string of the molecule is Cc1cc(C)cc(N2C[C@H](C(=O)Oc3ccc(N4C(=O)[C@H]5C[C@H](Br)[C@@H](Br)C[C@H]5C4=O)c(C)c3)CC2=O)c1. The summed E-state index contributed by atoms with van der Waals surface area (Å²) in [5.74, 6) is -1.86. The monoisotopic (exact) mass is 630 g/mol. The van der Waals surface area contributed by atoms with E-state index in [0.717, 1.165) is 16.8 Å². The molecule has 0 aromatic heterocycles. The normalized spacial score (nSPS) is 27.6. The van der Waals surface area contributed by atoms with Crippen molar-refractivity contribution in [3.8, 4) is 5.75 Å². The molecular formula is C28H28Br2N2O5. The number of hydrogen-bond donors (Lipinski definition) is 0. The van der Waals surface area contributed by atoms with Crippen LogP contribution in [-0.2, 0) is 19.2 Å². The minimum Gasteiger partial charge on any atom is -0.426 e. The van der Waals surface area contributed by atoms with Gasteiger partial charge in [-0.15, -0.1) is 0 Å². The number of benzene rings is 2. The summed E-state index contributed by atoms with van der Waals surface area (Å²) in [6, 6.07) is 10.8. The van der Waals surface area contributed by atoms with Crippen LogP contribution in [0, 0.1) is 38.5 Å². The van der Waals surface area contributed by atoms with E-state index in [1.54, 1.807) is 30.0 Å². The van der Waals surface area contributed by atoms with E-state index in [4.69, 9.17) is 4.74 Å². The van der Waals surface area contributed by atoms with Gasteiger partial charge in [0, 0.05) is 28.3 Å². The number of nitrogens with zero attached hydrogens (tertiary/aromatic N) is 2. The van der Waals surface area contributed by atoms with Gasteiger partial charge in [-0.2, -0.15) is 0 Å². The number of ether oxygens (including phenoxy) is 1. The molecule has 1 aliphatic carbocycles. The molecule has 7 nitrogen and oxygen atoms in total. The molecule has 0 radical (unpaired) electrons. The fourth-order valence-electron chi connectivity index (χ4n) is 5.70. The van der Waals surface area contributed by atoms with Crippen LogP contribution in [0.5, 0.6) is 5.75 Å². The van der Waals surface area contributed by atoms with Crippen LogP contribution < -0.4 is 14.5 Å². The molecule has 2 saturated heterocycles. The first kappa shape index (κ1) is 26.1. The van der Waals surface area contributed by atoms with Gasteiger partial charge < -0.3 is 9.64 Å². The van der Waals surface area contributed by atoms with Gasteiger partial charge in [-0.25, -0.2) is 4.90 Å². The zero-order valence-corrected chi connectivity index (χ0v) is 24.0. The first-order valence-corrected chi connectivity index (χ1v) is 14.2. The van der Waals surface area contributed by atoms with Gasteiger partial charge in [0.2, 0.25) is 17.7 Å². The largest absolute Gasteiger partial charge is 0.426 e. The van der Waals surface area contributed by atoms with Crippen molar-refractivity contribution in [2.45, 2.75) is 49.7 Å². The summed E-state index contributed by atoms with van der Waals surface area (Å²) in [7, 11) is 0. The predicted octanol–water partition coefficient (Wildman–Crippen LogP) is 5.00. The van der Waals surface area contributed by atoms with E-state index in [1.807, 2.05) is 32.0 Å². The minimum atomic E-state index is -0.576. The van der Waals surface area contributed by atoms with E-state index in [-0.39, 0.29) is 52.2 Å². The molecule has 37 heavy (non-hydrogen) atoms. The Hall–Kier alpha value is -2.52. The Morgan fingerprint density at radius 2 is 1.49 bits per heavy atom. The van der Waals surface area contributed by atoms with Crippen molar-refractivity contribution < 1.29 is 23.9 Å². The van der Waals surface area contributed by atoms with Gasteiger partial charge in [0.15, 0.2) is 0 Å². The third kappa shape index (κ3) is 4.88. The lowest BCUT2D eigenvalue weighted by Crippen LogP contribution is -2.34. The number of esters is 1. The zero-order valence-electron chi connectivity index (χ0n) is 20.9. The minimum absolute atomic E-state index is 0.0889. The fourth-order valence-corrected chi connectivity index (χ4v) is 6.93. The number of halogens is 2. The molecular weight excluding hydrogens is 604 g/mol. The maximum Gasteiger partial charge on any atom is 0.316 e. The molecule has 3 aliphatic rings. The van der Waals surface area contributed by atoms with Crippen molar-refractivity contribution in [3.63, 3.8) is 0 Å². The first-order valence-electron chi connectivity index (χ1n) is 12.4. The summed E-state index contributed by atoms with van der Waals surface area (Å²) in [5.41, 5.74) is 4.07. The number of rotatable bonds is 4. The molecule has 2 aromatic rings. The van der Waals surface area contributed by atoms with Gasteiger partial charge >= 0.3 is 5.97 Å². The van der Waals surface area contributed by atoms with Gasteiger partial charge in [0.25, 0.3) is 0 Å². The quantitative estimate of drug-likeness (QED) is 0.205. The van der Waals surface area contributed by atoms with Crippen molar-refractivity contribution in [2.75, 3.05) is 16.3 Å².